The predicted octanol–water partition coefficient (Wildman–Crippen LogP) is 7.09. The van der Waals surface area contributed by atoms with Gasteiger partial charge in [-0.3, -0.25) is 4.72 Å². The quantitative estimate of drug-likeness (QED) is 0.238. The number of carbonyl (C=O) groups is 2. The monoisotopic (exact) mass is 788 g/mol. The minimum atomic E-state index is -4.03. The normalized spacial score (nSPS) is 15.3. The Balaban J connectivity index is 0.000000274. The van der Waals surface area contributed by atoms with E-state index in [1.54, 1.807) is 28.0 Å². The Morgan fingerprint density at radius 1 is 0.709 bits per heavy atom. The number of amides is 2. The van der Waals surface area contributed by atoms with Crippen molar-refractivity contribution in [1.29, 1.82) is 0 Å². The van der Waals surface area contributed by atoms with Crippen LogP contribution in [0.4, 0.5) is 41.1 Å². The predicted molar refractivity (Wildman–Crippen MR) is 211 cm³/mol. The lowest BCUT2D eigenvalue weighted by atomic mass is 10.1. The van der Waals surface area contributed by atoms with Gasteiger partial charge in [0, 0.05) is 75.5 Å². The zero-order valence-corrected chi connectivity index (χ0v) is 33.7. The summed E-state index contributed by atoms with van der Waals surface area (Å²) in [5, 5.41) is 0. The van der Waals surface area contributed by atoms with Crippen molar-refractivity contribution < 1.29 is 41.0 Å². The minimum absolute atomic E-state index is 0.196. The number of hydrogen-bond acceptors (Lipinski definition) is 10. The van der Waals surface area contributed by atoms with E-state index in [9.17, 15) is 26.8 Å². The lowest BCUT2D eigenvalue weighted by Crippen LogP contribution is -2.50. The summed E-state index contributed by atoms with van der Waals surface area (Å²) in [7, 11) is -4.03. The van der Waals surface area contributed by atoms with E-state index >= 15 is 0 Å². The van der Waals surface area contributed by atoms with Gasteiger partial charge in [-0.15, -0.1) is 0 Å². The van der Waals surface area contributed by atoms with Gasteiger partial charge in [-0.1, -0.05) is 18.2 Å². The summed E-state index contributed by atoms with van der Waals surface area (Å²) >= 11 is 0. The average molecular weight is 789 g/mol. The van der Waals surface area contributed by atoms with Crippen LogP contribution in [0.2, 0.25) is 0 Å². The highest BCUT2D eigenvalue weighted by Crippen LogP contribution is 2.29. The number of nitrogens with two attached hydrogens (primary N) is 1. The van der Waals surface area contributed by atoms with Crippen LogP contribution in [-0.4, -0.2) is 101 Å². The molecule has 3 aromatic carbocycles. The number of aryl methyl sites for hydroxylation is 2. The summed E-state index contributed by atoms with van der Waals surface area (Å²) in [6.45, 7) is 17.0. The molecule has 3 aromatic rings. The Morgan fingerprint density at radius 2 is 1.18 bits per heavy atom. The van der Waals surface area contributed by atoms with Crippen molar-refractivity contribution in [2.75, 3.05) is 72.6 Å². The number of piperazine rings is 2. The van der Waals surface area contributed by atoms with E-state index in [4.69, 9.17) is 15.2 Å². The van der Waals surface area contributed by atoms with E-state index in [-0.39, 0.29) is 22.8 Å². The molecule has 2 aliphatic heterocycles. The first-order chi connectivity index (χ1) is 25.6. The molecule has 0 spiro atoms. The van der Waals surface area contributed by atoms with Crippen LogP contribution in [0.3, 0.4) is 0 Å². The summed E-state index contributed by atoms with van der Waals surface area (Å²) < 4.78 is 68.2. The number of carbonyl (C=O) groups excluding carboxylic acids is 2. The standard InChI is InChI=1S/C23H29F2N3O5S.C16H25N3O2/c1-16-8-9-17(26-34(30,31)19-7-5-6-18(15-19)32-21(24)25)14-20(16)27-10-12-28(13-11-27)22(29)33-23(2,3)4;1-12-5-6-13(17)11-14(12)18-7-9-19(10-8-18)15(20)21-16(2,3)4/h5-9,14-15,21,26H,10-13H2,1-4H3;5-6,11H,7-10,17H2,1-4H3. The molecule has 13 nitrogen and oxygen atoms in total. The van der Waals surface area contributed by atoms with E-state index in [0.717, 1.165) is 41.8 Å². The van der Waals surface area contributed by atoms with Gasteiger partial charge in [-0.05, 0) is 103 Å². The lowest BCUT2D eigenvalue weighted by Gasteiger charge is -2.37. The van der Waals surface area contributed by atoms with Crippen LogP contribution in [0.25, 0.3) is 0 Å². The van der Waals surface area contributed by atoms with Gasteiger partial charge in [0.15, 0.2) is 0 Å². The third-order valence-corrected chi connectivity index (χ3v) is 9.96. The number of anilines is 4. The third kappa shape index (κ3) is 12.8. The summed E-state index contributed by atoms with van der Waals surface area (Å²) in [4.78, 5) is 31.9. The van der Waals surface area contributed by atoms with Gasteiger partial charge >= 0.3 is 18.8 Å². The number of sulfonamides is 1. The molecule has 0 aliphatic carbocycles. The SMILES string of the molecule is Cc1ccc(N)cc1N1CCN(C(=O)OC(C)(C)C)CC1.Cc1ccc(NS(=O)(=O)c2cccc(OC(F)F)c2)cc1N1CCN(C(=O)OC(C)(C)C)CC1. The molecular weight excluding hydrogens is 735 g/mol. The molecule has 0 radical (unpaired) electrons. The summed E-state index contributed by atoms with van der Waals surface area (Å²) in [6, 6.07) is 16.0. The number of ether oxygens (including phenoxy) is 3. The number of alkyl halides is 2. The van der Waals surface area contributed by atoms with Crippen molar-refractivity contribution in [1.82, 2.24) is 9.80 Å². The summed E-state index contributed by atoms with van der Waals surface area (Å²) in [5.41, 5.74) is 10.1. The molecule has 0 unspecified atom stereocenters. The maximum absolute atomic E-state index is 12.8. The number of nitrogens with one attached hydrogen (secondary N) is 1. The molecule has 2 saturated heterocycles. The van der Waals surface area contributed by atoms with Crippen LogP contribution in [0.5, 0.6) is 5.75 Å². The lowest BCUT2D eigenvalue weighted by molar-refractivity contribution is -0.0500. The van der Waals surface area contributed by atoms with Crippen molar-refractivity contribution in [2.24, 2.45) is 0 Å². The van der Waals surface area contributed by atoms with Crippen LogP contribution in [0, 0.1) is 13.8 Å². The van der Waals surface area contributed by atoms with E-state index in [1.807, 2.05) is 66.7 Å². The summed E-state index contributed by atoms with van der Waals surface area (Å²) in [5.74, 6) is -0.245. The molecule has 55 heavy (non-hydrogen) atoms. The molecule has 0 atom stereocenters. The largest absolute Gasteiger partial charge is 0.444 e. The first-order valence-electron chi connectivity index (χ1n) is 18.1. The number of hydrogen-bond donors (Lipinski definition) is 2. The summed E-state index contributed by atoms with van der Waals surface area (Å²) in [6.07, 6.45) is -0.588. The van der Waals surface area contributed by atoms with Crippen LogP contribution < -0.4 is 25.0 Å². The smallest absolute Gasteiger partial charge is 0.410 e. The molecule has 2 heterocycles. The van der Waals surface area contributed by atoms with E-state index in [2.05, 4.69) is 26.2 Å². The molecule has 3 N–H and O–H groups in total. The second-order valence-corrected chi connectivity index (χ2v) is 17.1. The molecule has 5 rings (SSSR count). The molecule has 2 aliphatic rings. The molecule has 0 aromatic heterocycles. The fourth-order valence-electron chi connectivity index (χ4n) is 5.93. The van der Waals surface area contributed by atoms with E-state index in [0.29, 0.717) is 45.0 Å². The first kappa shape index (κ1) is 42.7. The third-order valence-electron chi connectivity index (χ3n) is 8.58. The molecule has 2 fully saturated rings. The van der Waals surface area contributed by atoms with Gasteiger partial charge in [0.05, 0.1) is 10.6 Å². The molecule has 2 amide bonds. The van der Waals surface area contributed by atoms with E-state index in [1.165, 1.54) is 23.8 Å². The fourth-order valence-corrected chi connectivity index (χ4v) is 7.01. The van der Waals surface area contributed by atoms with Crippen LogP contribution in [-0.2, 0) is 19.5 Å². The maximum atomic E-state index is 12.8. The molecule has 0 bridgehead atoms. The number of benzene rings is 3. The zero-order valence-electron chi connectivity index (χ0n) is 32.9. The first-order valence-corrected chi connectivity index (χ1v) is 19.6. The zero-order chi connectivity index (χ0) is 40.7. The van der Waals surface area contributed by atoms with Crippen LogP contribution in [0.1, 0.15) is 52.7 Å². The second kappa shape index (κ2) is 17.6. The van der Waals surface area contributed by atoms with Crippen LogP contribution in [0.15, 0.2) is 65.6 Å². The Bertz CT molecular complexity index is 1900. The molecule has 0 saturated carbocycles. The van der Waals surface area contributed by atoms with Crippen molar-refractivity contribution in [3.63, 3.8) is 0 Å². The number of halogens is 2. The van der Waals surface area contributed by atoms with Crippen LogP contribution >= 0.6 is 0 Å². The average Bonchev–Trinajstić information content (AvgIpc) is 3.09. The highest BCUT2D eigenvalue weighted by atomic mass is 32.2. The highest BCUT2D eigenvalue weighted by Gasteiger charge is 2.28. The van der Waals surface area contributed by atoms with Crippen molar-refractivity contribution in [3.05, 3.63) is 71.8 Å². The van der Waals surface area contributed by atoms with Gasteiger partial charge in [-0.25, -0.2) is 18.0 Å². The fraction of sp³-hybridized carbons (Fsp3) is 0.487. The number of nitrogen functional groups attached to an aromatic ring is 1. The van der Waals surface area contributed by atoms with Crippen molar-refractivity contribution in [2.45, 2.75) is 78.1 Å². The van der Waals surface area contributed by atoms with Gasteiger partial charge in [0.25, 0.3) is 10.0 Å². The van der Waals surface area contributed by atoms with Gasteiger partial charge in [0.1, 0.15) is 17.0 Å². The second-order valence-electron chi connectivity index (χ2n) is 15.4. The van der Waals surface area contributed by atoms with E-state index < -0.39 is 27.8 Å². The van der Waals surface area contributed by atoms with Gasteiger partial charge < -0.3 is 39.5 Å². The molecule has 302 valence electrons. The van der Waals surface area contributed by atoms with Crippen molar-refractivity contribution in [3.8, 4) is 5.75 Å². The van der Waals surface area contributed by atoms with Gasteiger partial charge in [-0.2, -0.15) is 8.78 Å². The number of rotatable bonds is 7. The minimum Gasteiger partial charge on any atom is -0.444 e. The Labute approximate surface area is 323 Å². The maximum Gasteiger partial charge on any atom is 0.410 e. The molecular formula is C39H54F2N6O7S. The Morgan fingerprint density at radius 3 is 1.65 bits per heavy atom. The topological polar surface area (TPSA) is 147 Å². The number of nitrogens with zero attached hydrogens (tertiary/aromatic N) is 4. The molecule has 16 heteroatoms. The Kier molecular flexibility index (Phi) is 13.7. The Hall–Kier alpha value is -4.99. The van der Waals surface area contributed by atoms with Gasteiger partial charge in [0.2, 0.25) is 0 Å². The highest BCUT2D eigenvalue weighted by molar-refractivity contribution is 7.92. The van der Waals surface area contributed by atoms with Crippen molar-refractivity contribution >= 4 is 45.0 Å².